The highest BCUT2D eigenvalue weighted by molar-refractivity contribution is 7.99. The molecular weight excluding hydrogens is 130 g/mol. The van der Waals surface area contributed by atoms with Crippen molar-refractivity contribution in [3.05, 3.63) is 12.2 Å². The summed E-state index contributed by atoms with van der Waals surface area (Å²) in [7, 11) is 0. The van der Waals surface area contributed by atoms with Gasteiger partial charge in [-0.15, -0.1) is 0 Å². The Kier molecular flexibility index (Phi) is 2.61. The van der Waals surface area contributed by atoms with E-state index in [4.69, 9.17) is 5.73 Å². The zero-order chi connectivity index (χ0) is 6.69. The minimum Gasteiger partial charge on any atom is -0.324 e. The predicted molar refractivity (Wildman–Crippen MR) is 43.7 cm³/mol. The van der Waals surface area contributed by atoms with Crippen LogP contribution in [0.1, 0.15) is 12.8 Å². The summed E-state index contributed by atoms with van der Waals surface area (Å²) in [5.41, 5.74) is 5.66. The van der Waals surface area contributed by atoms with E-state index < -0.39 is 0 Å². The zero-order valence-corrected chi connectivity index (χ0v) is 6.53. The third-order valence-corrected chi connectivity index (χ3v) is 2.66. The number of thioether (sulfide) groups is 1. The van der Waals surface area contributed by atoms with E-state index in [2.05, 4.69) is 18.4 Å². The Morgan fingerprint density at radius 2 is 2.22 bits per heavy atom. The van der Waals surface area contributed by atoms with Crippen LogP contribution in [0.25, 0.3) is 0 Å². The molecule has 1 rings (SSSR count). The lowest BCUT2D eigenvalue weighted by Gasteiger charge is -2.17. The Bertz CT molecular complexity index is 111. The molecule has 2 unspecified atom stereocenters. The molecule has 0 bridgehead atoms. The molecule has 9 heavy (non-hydrogen) atoms. The molecule has 0 aromatic rings. The Labute approximate surface area is 60.7 Å². The Morgan fingerprint density at radius 3 is 2.67 bits per heavy atom. The maximum atomic E-state index is 5.66. The first-order valence-electron chi connectivity index (χ1n) is 3.29. The van der Waals surface area contributed by atoms with E-state index >= 15 is 0 Å². The van der Waals surface area contributed by atoms with Crippen LogP contribution < -0.4 is 5.73 Å². The summed E-state index contributed by atoms with van der Waals surface area (Å²) in [4.78, 5) is 0. The van der Waals surface area contributed by atoms with Gasteiger partial charge in [0, 0.05) is 11.3 Å². The van der Waals surface area contributed by atoms with Gasteiger partial charge in [-0.1, -0.05) is 12.2 Å². The molecule has 0 heterocycles. The molecular formula is C7H13NS. The van der Waals surface area contributed by atoms with Crippen molar-refractivity contribution in [1.29, 1.82) is 0 Å². The number of nitrogens with two attached hydrogens (primary N) is 1. The first-order chi connectivity index (χ1) is 4.33. The monoisotopic (exact) mass is 143 g/mol. The summed E-state index contributed by atoms with van der Waals surface area (Å²) >= 11 is 1.91. The lowest BCUT2D eigenvalue weighted by molar-refractivity contribution is 0.653. The predicted octanol–water partition coefficient (Wildman–Crippen LogP) is 1.40. The second kappa shape index (κ2) is 3.28. The van der Waals surface area contributed by atoms with Gasteiger partial charge in [-0.25, -0.2) is 0 Å². The lowest BCUT2D eigenvalue weighted by Crippen LogP contribution is -2.22. The van der Waals surface area contributed by atoms with Crippen LogP contribution in [0.3, 0.4) is 0 Å². The highest BCUT2D eigenvalue weighted by atomic mass is 32.2. The van der Waals surface area contributed by atoms with E-state index in [0.717, 1.165) is 11.7 Å². The highest BCUT2D eigenvalue weighted by Gasteiger charge is 2.10. The SMILES string of the molecule is CSC1C=CC(N)CC1. The Morgan fingerprint density at radius 1 is 1.44 bits per heavy atom. The molecule has 0 fully saturated rings. The first kappa shape index (κ1) is 7.16. The molecule has 0 radical (unpaired) electrons. The third kappa shape index (κ3) is 2.03. The van der Waals surface area contributed by atoms with Crippen molar-refractivity contribution >= 4 is 11.8 Å². The third-order valence-electron chi connectivity index (χ3n) is 1.66. The number of hydrogen-bond donors (Lipinski definition) is 1. The van der Waals surface area contributed by atoms with E-state index in [1.54, 1.807) is 0 Å². The van der Waals surface area contributed by atoms with Crippen LogP contribution in [0.2, 0.25) is 0 Å². The Hall–Kier alpha value is 0.0500. The molecule has 1 aliphatic rings. The van der Waals surface area contributed by atoms with Crippen molar-refractivity contribution in [2.75, 3.05) is 6.26 Å². The van der Waals surface area contributed by atoms with Gasteiger partial charge in [-0.05, 0) is 19.1 Å². The topological polar surface area (TPSA) is 26.0 Å². The minimum absolute atomic E-state index is 0.327. The summed E-state index contributed by atoms with van der Waals surface area (Å²) < 4.78 is 0. The fourth-order valence-corrected chi connectivity index (χ4v) is 1.63. The molecule has 1 aliphatic carbocycles. The Balaban J connectivity index is 2.38. The van der Waals surface area contributed by atoms with Gasteiger partial charge in [-0.3, -0.25) is 0 Å². The average Bonchev–Trinajstić information content (AvgIpc) is 1.90. The van der Waals surface area contributed by atoms with E-state index in [1.165, 1.54) is 6.42 Å². The summed E-state index contributed by atoms with van der Waals surface area (Å²) in [6.07, 6.45) is 8.89. The van der Waals surface area contributed by atoms with Crippen LogP contribution in [0.15, 0.2) is 12.2 Å². The fourth-order valence-electron chi connectivity index (χ4n) is 1.01. The maximum Gasteiger partial charge on any atom is 0.0225 e. The van der Waals surface area contributed by atoms with Crippen LogP contribution in [-0.2, 0) is 0 Å². The van der Waals surface area contributed by atoms with Gasteiger partial charge in [0.15, 0.2) is 0 Å². The fraction of sp³-hybridized carbons (Fsp3) is 0.714. The average molecular weight is 143 g/mol. The van der Waals surface area contributed by atoms with Gasteiger partial charge < -0.3 is 5.73 Å². The van der Waals surface area contributed by atoms with Gasteiger partial charge in [0.2, 0.25) is 0 Å². The van der Waals surface area contributed by atoms with Gasteiger partial charge in [0.05, 0.1) is 0 Å². The second-order valence-corrected chi connectivity index (χ2v) is 3.48. The molecule has 2 atom stereocenters. The van der Waals surface area contributed by atoms with E-state index in [9.17, 15) is 0 Å². The summed E-state index contributed by atoms with van der Waals surface area (Å²) in [5, 5.41) is 0.727. The molecule has 0 saturated heterocycles. The summed E-state index contributed by atoms with van der Waals surface area (Å²) in [5.74, 6) is 0. The van der Waals surface area contributed by atoms with E-state index in [1.807, 2.05) is 11.8 Å². The zero-order valence-electron chi connectivity index (χ0n) is 5.71. The largest absolute Gasteiger partial charge is 0.324 e. The first-order valence-corrected chi connectivity index (χ1v) is 4.58. The van der Waals surface area contributed by atoms with Crippen molar-refractivity contribution in [2.45, 2.75) is 24.1 Å². The molecule has 0 saturated carbocycles. The van der Waals surface area contributed by atoms with Gasteiger partial charge in [0.25, 0.3) is 0 Å². The smallest absolute Gasteiger partial charge is 0.0225 e. The normalized spacial score (nSPS) is 34.9. The van der Waals surface area contributed by atoms with Crippen LogP contribution >= 0.6 is 11.8 Å². The highest BCUT2D eigenvalue weighted by Crippen LogP contribution is 2.19. The molecule has 2 N–H and O–H groups in total. The van der Waals surface area contributed by atoms with Crippen LogP contribution in [0.4, 0.5) is 0 Å². The van der Waals surface area contributed by atoms with E-state index in [-0.39, 0.29) is 0 Å². The maximum absolute atomic E-state index is 5.66. The standard InChI is InChI=1S/C7H13NS/c1-9-7-4-2-6(8)3-5-7/h2,4,6-7H,3,5,8H2,1H3. The van der Waals surface area contributed by atoms with Crippen LogP contribution in [0.5, 0.6) is 0 Å². The molecule has 0 spiro atoms. The van der Waals surface area contributed by atoms with Crippen molar-refractivity contribution in [1.82, 2.24) is 0 Å². The van der Waals surface area contributed by atoms with Gasteiger partial charge in [0.1, 0.15) is 0 Å². The molecule has 52 valence electrons. The number of hydrogen-bond acceptors (Lipinski definition) is 2. The molecule has 0 amide bonds. The molecule has 0 aromatic heterocycles. The minimum atomic E-state index is 0.327. The molecule has 2 heteroatoms. The number of rotatable bonds is 1. The lowest BCUT2D eigenvalue weighted by atomic mass is 10.0. The quantitative estimate of drug-likeness (QED) is 0.561. The van der Waals surface area contributed by atoms with Crippen LogP contribution in [-0.4, -0.2) is 17.5 Å². The molecule has 1 nitrogen and oxygen atoms in total. The van der Waals surface area contributed by atoms with Crippen LogP contribution in [0, 0.1) is 0 Å². The van der Waals surface area contributed by atoms with Crippen molar-refractivity contribution in [3.8, 4) is 0 Å². The second-order valence-electron chi connectivity index (χ2n) is 2.40. The summed E-state index contributed by atoms with van der Waals surface area (Å²) in [6, 6.07) is 0.327. The van der Waals surface area contributed by atoms with Crippen molar-refractivity contribution in [2.24, 2.45) is 5.73 Å². The molecule has 0 aromatic carbocycles. The van der Waals surface area contributed by atoms with Gasteiger partial charge >= 0.3 is 0 Å². The summed E-state index contributed by atoms with van der Waals surface area (Å²) in [6.45, 7) is 0. The van der Waals surface area contributed by atoms with Crippen molar-refractivity contribution < 1.29 is 0 Å². The van der Waals surface area contributed by atoms with E-state index in [0.29, 0.717) is 6.04 Å². The molecule has 0 aliphatic heterocycles. The van der Waals surface area contributed by atoms with Gasteiger partial charge in [-0.2, -0.15) is 11.8 Å². The van der Waals surface area contributed by atoms with Crippen molar-refractivity contribution in [3.63, 3.8) is 0 Å².